The van der Waals surface area contributed by atoms with Crippen LogP contribution in [0.2, 0.25) is 0 Å². The van der Waals surface area contributed by atoms with E-state index >= 15 is 0 Å². The first-order valence-electron chi connectivity index (χ1n) is 7.08. The first-order valence-corrected chi connectivity index (χ1v) is 7.87. The zero-order valence-electron chi connectivity index (χ0n) is 13.0. The lowest BCUT2D eigenvalue weighted by molar-refractivity contribution is 0.368. The number of aryl methyl sites for hydroxylation is 2. The lowest BCUT2D eigenvalue weighted by Gasteiger charge is -2.17. The standard InChI is InChI=1S/C14H23BrN6/c1-5-12-10(9-20(4)18-12)13(16)14-11(15)8-17-21(14)7-6-19(2)3/h8-9,13H,5-7,16H2,1-4H3. The van der Waals surface area contributed by atoms with Gasteiger partial charge in [-0.05, 0) is 36.4 Å². The number of hydrogen-bond acceptors (Lipinski definition) is 4. The van der Waals surface area contributed by atoms with E-state index in [9.17, 15) is 0 Å². The normalized spacial score (nSPS) is 13.1. The van der Waals surface area contributed by atoms with Gasteiger partial charge >= 0.3 is 0 Å². The third-order valence-electron chi connectivity index (χ3n) is 3.49. The summed E-state index contributed by atoms with van der Waals surface area (Å²) in [5.41, 5.74) is 9.60. The molecule has 2 aromatic heterocycles. The fourth-order valence-electron chi connectivity index (χ4n) is 2.39. The minimum atomic E-state index is -0.229. The van der Waals surface area contributed by atoms with Gasteiger partial charge in [-0.15, -0.1) is 0 Å². The van der Waals surface area contributed by atoms with Crippen molar-refractivity contribution in [2.75, 3.05) is 20.6 Å². The van der Waals surface area contributed by atoms with Crippen molar-refractivity contribution < 1.29 is 0 Å². The zero-order valence-corrected chi connectivity index (χ0v) is 14.6. The second kappa shape index (κ2) is 6.72. The molecule has 0 aliphatic carbocycles. The van der Waals surface area contributed by atoms with Crippen LogP contribution in [0.3, 0.4) is 0 Å². The van der Waals surface area contributed by atoms with Crippen molar-refractivity contribution in [3.8, 4) is 0 Å². The van der Waals surface area contributed by atoms with Gasteiger partial charge in [0.05, 0.1) is 34.6 Å². The number of likely N-dealkylation sites (N-methyl/N-ethyl adjacent to an activating group) is 1. The van der Waals surface area contributed by atoms with Crippen LogP contribution in [0.15, 0.2) is 16.9 Å². The Morgan fingerprint density at radius 2 is 2.14 bits per heavy atom. The highest BCUT2D eigenvalue weighted by atomic mass is 79.9. The Balaban J connectivity index is 2.33. The molecule has 7 heteroatoms. The van der Waals surface area contributed by atoms with E-state index in [1.54, 1.807) is 0 Å². The van der Waals surface area contributed by atoms with Crippen molar-refractivity contribution in [2.24, 2.45) is 12.8 Å². The van der Waals surface area contributed by atoms with Crippen LogP contribution in [0.4, 0.5) is 0 Å². The zero-order chi connectivity index (χ0) is 15.6. The van der Waals surface area contributed by atoms with E-state index in [4.69, 9.17) is 5.73 Å². The van der Waals surface area contributed by atoms with Crippen LogP contribution >= 0.6 is 15.9 Å². The van der Waals surface area contributed by atoms with Crippen molar-refractivity contribution >= 4 is 15.9 Å². The molecule has 0 aliphatic heterocycles. The molecule has 1 unspecified atom stereocenters. The fourth-order valence-corrected chi connectivity index (χ4v) is 2.93. The molecule has 0 aromatic carbocycles. The largest absolute Gasteiger partial charge is 0.319 e. The molecular formula is C14H23BrN6. The Morgan fingerprint density at radius 3 is 2.76 bits per heavy atom. The molecule has 2 N–H and O–H groups in total. The van der Waals surface area contributed by atoms with Crippen LogP contribution in [0.25, 0.3) is 0 Å². The molecule has 0 saturated heterocycles. The summed E-state index contributed by atoms with van der Waals surface area (Å²) in [6.45, 7) is 3.82. The quantitative estimate of drug-likeness (QED) is 0.854. The summed E-state index contributed by atoms with van der Waals surface area (Å²) >= 11 is 3.57. The lowest BCUT2D eigenvalue weighted by Crippen LogP contribution is -2.24. The lowest BCUT2D eigenvalue weighted by atomic mass is 10.0. The highest BCUT2D eigenvalue weighted by Crippen LogP contribution is 2.28. The number of hydrogen-bond donors (Lipinski definition) is 1. The van der Waals surface area contributed by atoms with Gasteiger partial charge in [0.25, 0.3) is 0 Å². The van der Waals surface area contributed by atoms with E-state index in [0.717, 1.165) is 40.9 Å². The molecule has 1 atom stereocenters. The molecule has 21 heavy (non-hydrogen) atoms. The van der Waals surface area contributed by atoms with Crippen LogP contribution < -0.4 is 5.73 Å². The smallest absolute Gasteiger partial charge is 0.0768 e. The molecule has 0 aliphatic rings. The van der Waals surface area contributed by atoms with Gasteiger partial charge in [0.2, 0.25) is 0 Å². The van der Waals surface area contributed by atoms with E-state index in [0.29, 0.717) is 0 Å². The van der Waals surface area contributed by atoms with Crippen molar-refractivity contribution in [3.63, 3.8) is 0 Å². The second-order valence-electron chi connectivity index (χ2n) is 5.44. The van der Waals surface area contributed by atoms with Crippen molar-refractivity contribution in [1.82, 2.24) is 24.5 Å². The summed E-state index contributed by atoms with van der Waals surface area (Å²) in [7, 11) is 6.02. The molecule has 116 valence electrons. The number of nitrogens with two attached hydrogens (primary N) is 1. The molecule has 0 saturated carbocycles. The van der Waals surface area contributed by atoms with Gasteiger partial charge in [0, 0.05) is 25.4 Å². The molecule has 0 spiro atoms. The van der Waals surface area contributed by atoms with Gasteiger partial charge in [-0.2, -0.15) is 10.2 Å². The summed E-state index contributed by atoms with van der Waals surface area (Å²) in [4.78, 5) is 2.13. The van der Waals surface area contributed by atoms with Crippen LogP contribution in [-0.2, 0) is 20.0 Å². The van der Waals surface area contributed by atoms with Crippen LogP contribution in [0.5, 0.6) is 0 Å². The van der Waals surface area contributed by atoms with Gasteiger partial charge in [0.15, 0.2) is 0 Å². The van der Waals surface area contributed by atoms with Gasteiger partial charge in [-0.25, -0.2) is 0 Å². The van der Waals surface area contributed by atoms with Crippen molar-refractivity contribution in [1.29, 1.82) is 0 Å². The molecule has 6 nitrogen and oxygen atoms in total. The van der Waals surface area contributed by atoms with Crippen molar-refractivity contribution in [2.45, 2.75) is 25.9 Å². The highest BCUT2D eigenvalue weighted by molar-refractivity contribution is 9.10. The summed E-state index contributed by atoms with van der Waals surface area (Å²) in [6.07, 6.45) is 4.68. The average Bonchev–Trinajstić information content (AvgIpc) is 2.98. The maximum Gasteiger partial charge on any atom is 0.0768 e. The third kappa shape index (κ3) is 3.53. The van der Waals surface area contributed by atoms with E-state index < -0.39 is 0 Å². The predicted octanol–water partition coefficient (Wildman–Crippen LogP) is 1.55. The Kier molecular flexibility index (Phi) is 5.18. The summed E-state index contributed by atoms with van der Waals surface area (Å²) in [6, 6.07) is -0.229. The van der Waals surface area contributed by atoms with Gasteiger partial charge in [-0.3, -0.25) is 9.36 Å². The third-order valence-corrected chi connectivity index (χ3v) is 4.11. The van der Waals surface area contributed by atoms with Crippen LogP contribution in [0.1, 0.15) is 29.9 Å². The maximum absolute atomic E-state index is 6.50. The van der Waals surface area contributed by atoms with Gasteiger partial charge in [0.1, 0.15) is 0 Å². The average molecular weight is 355 g/mol. The maximum atomic E-state index is 6.50. The van der Waals surface area contributed by atoms with E-state index in [-0.39, 0.29) is 6.04 Å². The van der Waals surface area contributed by atoms with E-state index in [1.165, 1.54) is 0 Å². The first-order chi connectivity index (χ1) is 9.93. The Morgan fingerprint density at radius 1 is 1.43 bits per heavy atom. The molecule has 2 heterocycles. The Hall–Kier alpha value is -1.18. The van der Waals surface area contributed by atoms with Gasteiger partial charge in [-0.1, -0.05) is 6.92 Å². The molecule has 2 rings (SSSR count). The molecule has 2 aromatic rings. The molecule has 0 radical (unpaired) electrons. The molecule has 0 amide bonds. The van der Waals surface area contributed by atoms with Gasteiger partial charge < -0.3 is 10.6 Å². The monoisotopic (exact) mass is 354 g/mol. The summed E-state index contributed by atoms with van der Waals surface area (Å²) in [5, 5.41) is 8.91. The topological polar surface area (TPSA) is 64.9 Å². The van der Waals surface area contributed by atoms with Crippen LogP contribution in [0, 0.1) is 0 Å². The number of aromatic nitrogens is 4. The summed E-state index contributed by atoms with van der Waals surface area (Å²) in [5.74, 6) is 0. The minimum Gasteiger partial charge on any atom is -0.319 e. The first kappa shape index (κ1) is 16.2. The van der Waals surface area contributed by atoms with E-state index in [1.807, 2.05) is 28.8 Å². The Labute approximate surface area is 134 Å². The Bertz CT molecular complexity index is 601. The number of nitrogens with zero attached hydrogens (tertiary/aromatic N) is 5. The van der Waals surface area contributed by atoms with Crippen molar-refractivity contribution in [3.05, 3.63) is 33.8 Å². The molecular weight excluding hydrogens is 332 g/mol. The molecule has 0 bridgehead atoms. The summed E-state index contributed by atoms with van der Waals surface area (Å²) < 4.78 is 4.74. The highest BCUT2D eigenvalue weighted by Gasteiger charge is 2.22. The fraction of sp³-hybridized carbons (Fsp3) is 0.571. The number of halogens is 1. The predicted molar refractivity (Wildman–Crippen MR) is 87.1 cm³/mol. The SMILES string of the molecule is CCc1nn(C)cc1C(N)c1c(Br)cnn1CCN(C)C. The van der Waals surface area contributed by atoms with Crippen LogP contribution in [-0.4, -0.2) is 45.1 Å². The second-order valence-corrected chi connectivity index (χ2v) is 6.29. The minimum absolute atomic E-state index is 0.229. The molecule has 0 fully saturated rings. The number of rotatable bonds is 6. The van der Waals surface area contributed by atoms with E-state index in [2.05, 4.69) is 52.0 Å².